The first-order chi connectivity index (χ1) is 8.97. The van der Waals surface area contributed by atoms with Gasteiger partial charge in [0.2, 0.25) is 0 Å². The summed E-state index contributed by atoms with van der Waals surface area (Å²) in [4.78, 5) is 15.7. The van der Waals surface area contributed by atoms with Crippen LogP contribution >= 0.6 is 34.8 Å². The normalized spacial score (nSPS) is 10.3. The van der Waals surface area contributed by atoms with Gasteiger partial charge in [0.05, 0.1) is 10.7 Å². The summed E-state index contributed by atoms with van der Waals surface area (Å²) in [5, 5.41) is 2.81. The van der Waals surface area contributed by atoms with E-state index in [4.69, 9.17) is 34.8 Å². The Morgan fingerprint density at radius 2 is 1.89 bits per heavy atom. The van der Waals surface area contributed by atoms with E-state index in [1.54, 1.807) is 0 Å². The zero-order valence-electron chi connectivity index (χ0n) is 9.25. The highest BCUT2D eigenvalue weighted by Crippen LogP contribution is 2.21. The van der Waals surface area contributed by atoms with Crippen LogP contribution in [0.15, 0.2) is 30.3 Å². The second-order valence-electron chi connectivity index (χ2n) is 3.54. The molecule has 0 unspecified atom stereocenters. The molecule has 0 aliphatic carbocycles. The van der Waals surface area contributed by atoms with Crippen molar-refractivity contribution in [2.24, 2.45) is 0 Å². The molecule has 0 spiro atoms. The minimum atomic E-state index is -0.659. The van der Waals surface area contributed by atoms with E-state index >= 15 is 0 Å². The van der Waals surface area contributed by atoms with E-state index in [1.807, 2.05) is 0 Å². The molecule has 7 heteroatoms. The zero-order valence-corrected chi connectivity index (χ0v) is 11.5. The van der Waals surface area contributed by atoms with E-state index in [-0.39, 0.29) is 26.6 Å². The largest absolute Gasteiger partial charge is 0.318 e. The second kappa shape index (κ2) is 5.74. The van der Waals surface area contributed by atoms with Crippen LogP contribution in [0.5, 0.6) is 0 Å². The number of nitrogens with zero attached hydrogens (tertiary/aromatic N) is 1. The first-order valence-electron chi connectivity index (χ1n) is 5.06. The highest BCUT2D eigenvalue weighted by molar-refractivity contribution is 6.35. The van der Waals surface area contributed by atoms with Gasteiger partial charge >= 0.3 is 0 Å². The molecule has 0 atom stereocenters. The number of carbonyl (C=O) groups excluding carboxylic acids is 1. The Balaban J connectivity index is 2.28. The molecule has 1 amide bonds. The van der Waals surface area contributed by atoms with Crippen LogP contribution in [0.25, 0.3) is 0 Å². The second-order valence-corrected chi connectivity index (χ2v) is 4.77. The van der Waals surface area contributed by atoms with Crippen molar-refractivity contribution in [3.63, 3.8) is 0 Å². The molecule has 2 rings (SSSR count). The zero-order chi connectivity index (χ0) is 14.0. The number of hydrogen-bond donors (Lipinski definition) is 1. The SMILES string of the molecule is O=C(Nc1ccc(Cl)cc1F)c1nc(Cl)ccc1Cl. The molecule has 3 nitrogen and oxygen atoms in total. The van der Waals surface area contributed by atoms with Crippen molar-refractivity contribution in [3.05, 3.63) is 57.0 Å². The number of anilines is 1. The Hall–Kier alpha value is -1.36. The number of nitrogens with one attached hydrogen (secondary N) is 1. The summed E-state index contributed by atoms with van der Waals surface area (Å²) in [6, 6.07) is 6.76. The van der Waals surface area contributed by atoms with Gasteiger partial charge in [0.1, 0.15) is 16.7 Å². The van der Waals surface area contributed by atoms with Crippen LogP contribution in [0.4, 0.5) is 10.1 Å². The number of amides is 1. The summed E-state index contributed by atoms with van der Waals surface area (Å²) in [7, 11) is 0. The van der Waals surface area contributed by atoms with Gasteiger partial charge in [-0.05, 0) is 30.3 Å². The monoisotopic (exact) mass is 318 g/mol. The van der Waals surface area contributed by atoms with Crippen LogP contribution in [0.2, 0.25) is 15.2 Å². The molecule has 0 fully saturated rings. The van der Waals surface area contributed by atoms with E-state index in [1.165, 1.54) is 24.3 Å². The van der Waals surface area contributed by atoms with Crippen LogP contribution in [-0.2, 0) is 0 Å². The first kappa shape index (κ1) is 14.1. The van der Waals surface area contributed by atoms with Crippen LogP contribution < -0.4 is 5.32 Å². The quantitative estimate of drug-likeness (QED) is 0.832. The molecule has 2 aromatic rings. The fourth-order valence-electron chi connectivity index (χ4n) is 1.35. The van der Waals surface area contributed by atoms with Crippen molar-refractivity contribution in [2.45, 2.75) is 0 Å². The third-order valence-electron chi connectivity index (χ3n) is 2.21. The minimum Gasteiger partial charge on any atom is -0.318 e. The molecule has 0 aliphatic heterocycles. The highest BCUT2D eigenvalue weighted by atomic mass is 35.5. The lowest BCUT2D eigenvalue weighted by molar-refractivity contribution is 0.102. The summed E-state index contributed by atoms with van der Waals surface area (Å²) in [5.74, 6) is -1.31. The molecule has 0 radical (unpaired) electrons. The molecule has 0 bridgehead atoms. The molecule has 98 valence electrons. The van der Waals surface area contributed by atoms with Crippen LogP contribution in [0.3, 0.4) is 0 Å². The van der Waals surface area contributed by atoms with E-state index in [0.29, 0.717) is 0 Å². The molecule has 0 saturated carbocycles. The molecule has 0 aliphatic rings. The fraction of sp³-hybridized carbons (Fsp3) is 0. The standard InChI is InChI=1S/C12H6Cl3FN2O/c13-6-1-3-9(8(16)5-6)17-12(19)11-7(14)2-4-10(15)18-11/h1-5H,(H,17,19). The number of benzene rings is 1. The van der Waals surface area contributed by atoms with Crippen LogP contribution in [-0.4, -0.2) is 10.9 Å². The van der Waals surface area contributed by atoms with Crippen molar-refractivity contribution in [1.82, 2.24) is 4.98 Å². The number of carbonyl (C=O) groups is 1. The third kappa shape index (κ3) is 3.35. The number of halogens is 4. The molecule has 19 heavy (non-hydrogen) atoms. The first-order valence-corrected chi connectivity index (χ1v) is 6.19. The molecule has 1 aromatic carbocycles. The molecule has 1 aromatic heterocycles. The smallest absolute Gasteiger partial charge is 0.275 e. The van der Waals surface area contributed by atoms with E-state index in [2.05, 4.69) is 10.3 Å². The summed E-state index contributed by atoms with van der Waals surface area (Å²) >= 11 is 17.1. The van der Waals surface area contributed by atoms with Crippen molar-refractivity contribution in [2.75, 3.05) is 5.32 Å². The maximum atomic E-state index is 13.5. The molecular weight excluding hydrogens is 314 g/mol. The topological polar surface area (TPSA) is 42.0 Å². The number of rotatable bonds is 2. The fourth-order valence-corrected chi connectivity index (χ4v) is 1.85. The van der Waals surface area contributed by atoms with Crippen molar-refractivity contribution in [1.29, 1.82) is 0 Å². The maximum absolute atomic E-state index is 13.5. The average molecular weight is 320 g/mol. The summed E-state index contributed by atoms with van der Waals surface area (Å²) in [6.45, 7) is 0. The van der Waals surface area contributed by atoms with E-state index < -0.39 is 11.7 Å². The van der Waals surface area contributed by atoms with Gasteiger partial charge in [0, 0.05) is 5.02 Å². The Kier molecular flexibility index (Phi) is 4.24. The summed E-state index contributed by atoms with van der Waals surface area (Å²) in [5.41, 5.74) is -0.101. The maximum Gasteiger partial charge on any atom is 0.275 e. The van der Waals surface area contributed by atoms with Crippen LogP contribution in [0, 0.1) is 5.82 Å². The summed E-state index contributed by atoms with van der Waals surface area (Å²) < 4.78 is 13.5. The number of pyridine rings is 1. The Morgan fingerprint density at radius 3 is 2.58 bits per heavy atom. The van der Waals surface area contributed by atoms with Crippen molar-refractivity contribution < 1.29 is 9.18 Å². The Bertz CT molecular complexity index is 649. The Morgan fingerprint density at radius 1 is 1.16 bits per heavy atom. The van der Waals surface area contributed by atoms with Crippen molar-refractivity contribution >= 4 is 46.4 Å². The van der Waals surface area contributed by atoms with Gasteiger partial charge in [-0.2, -0.15) is 0 Å². The van der Waals surface area contributed by atoms with Gasteiger partial charge in [0.25, 0.3) is 5.91 Å². The van der Waals surface area contributed by atoms with Crippen LogP contribution in [0.1, 0.15) is 10.5 Å². The van der Waals surface area contributed by atoms with E-state index in [9.17, 15) is 9.18 Å². The summed E-state index contributed by atoms with van der Waals surface area (Å²) in [6.07, 6.45) is 0. The van der Waals surface area contributed by atoms with Gasteiger partial charge in [-0.15, -0.1) is 0 Å². The molecule has 1 N–H and O–H groups in total. The van der Waals surface area contributed by atoms with Gasteiger partial charge in [-0.3, -0.25) is 4.79 Å². The molecular formula is C12H6Cl3FN2O. The lowest BCUT2D eigenvalue weighted by atomic mass is 10.2. The van der Waals surface area contributed by atoms with Gasteiger partial charge in [0.15, 0.2) is 0 Å². The average Bonchev–Trinajstić information content (AvgIpc) is 2.35. The Labute approximate surface area is 123 Å². The third-order valence-corrected chi connectivity index (χ3v) is 2.96. The molecule has 0 saturated heterocycles. The van der Waals surface area contributed by atoms with Gasteiger partial charge in [-0.1, -0.05) is 34.8 Å². The highest BCUT2D eigenvalue weighted by Gasteiger charge is 2.15. The van der Waals surface area contributed by atoms with Gasteiger partial charge in [-0.25, -0.2) is 9.37 Å². The predicted octanol–water partition coefficient (Wildman–Crippen LogP) is 4.43. The van der Waals surface area contributed by atoms with E-state index in [0.717, 1.165) is 6.07 Å². The number of aromatic nitrogens is 1. The number of hydrogen-bond acceptors (Lipinski definition) is 2. The molecule has 1 heterocycles. The van der Waals surface area contributed by atoms with Crippen molar-refractivity contribution in [3.8, 4) is 0 Å². The lowest BCUT2D eigenvalue weighted by Crippen LogP contribution is -2.15. The lowest BCUT2D eigenvalue weighted by Gasteiger charge is -2.07. The predicted molar refractivity (Wildman–Crippen MR) is 73.6 cm³/mol. The van der Waals surface area contributed by atoms with Gasteiger partial charge < -0.3 is 5.32 Å². The minimum absolute atomic E-state index is 0.0211.